The van der Waals surface area contributed by atoms with E-state index in [4.69, 9.17) is 32.9 Å². The summed E-state index contributed by atoms with van der Waals surface area (Å²) in [6, 6.07) is 14.0. The largest absolute Gasteiger partial charge is 0.377 e. The lowest BCUT2D eigenvalue weighted by atomic mass is 10.1. The number of halogens is 2. The molecule has 0 saturated carbocycles. The highest BCUT2D eigenvalue weighted by Gasteiger charge is 2.18. The van der Waals surface area contributed by atoms with E-state index in [0.717, 1.165) is 40.8 Å². The molecule has 0 spiro atoms. The lowest BCUT2D eigenvalue weighted by Crippen LogP contribution is -2.24. The Morgan fingerprint density at radius 1 is 1.07 bits per heavy atom. The van der Waals surface area contributed by atoms with E-state index in [-0.39, 0.29) is 0 Å². The minimum absolute atomic E-state index is 0.626. The molecule has 0 amide bonds. The zero-order valence-corrected chi connectivity index (χ0v) is 19.4. The van der Waals surface area contributed by atoms with E-state index in [1.54, 1.807) is 17.4 Å². The maximum Gasteiger partial charge on any atom is 0.186 e. The molecule has 6 heteroatoms. The van der Waals surface area contributed by atoms with Gasteiger partial charge in [-0.15, -0.1) is 11.3 Å². The maximum absolute atomic E-state index is 6.44. The fourth-order valence-corrected chi connectivity index (χ4v) is 4.68. The first-order valence-corrected chi connectivity index (χ1v) is 11.4. The molecule has 0 saturated heterocycles. The summed E-state index contributed by atoms with van der Waals surface area (Å²) in [5.41, 5.74) is 4.35. The van der Waals surface area contributed by atoms with Crippen LogP contribution in [-0.2, 0) is 17.9 Å². The molecule has 154 valence electrons. The molecular formula is C23H26Cl2N2OS. The standard InChI is InChI=1S/C23H26Cl2N2OS/c1-4-12-27(14-17-8-6-7-9-18(17)15-28-5-2)23-26-22(16(3)29-23)20-11-10-19(24)13-21(20)25/h6-11,13H,4-5,12,14-15H2,1-3H3. The van der Waals surface area contributed by atoms with Gasteiger partial charge in [-0.1, -0.05) is 54.4 Å². The highest BCUT2D eigenvalue weighted by Crippen LogP contribution is 2.37. The van der Waals surface area contributed by atoms with Crippen molar-refractivity contribution in [2.45, 2.75) is 40.3 Å². The topological polar surface area (TPSA) is 25.4 Å². The molecule has 3 aromatic rings. The molecule has 1 heterocycles. The van der Waals surface area contributed by atoms with Gasteiger partial charge in [-0.3, -0.25) is 0 Å². The average Bonchev–Trinajstić information content (AvgIpc) is 3.08. The Hall–Kier alpha value is -1.59. The lowest BCUT2D eigenvalue weighted by molar-refractivity contribution is 0.133. The van der Waals surface area contributed by atoms with E-state index < -0.39 is 0 Å². The predicted octanol–water partition coefficient (Wildman–Crippen LogP) is 7.38. The van der Waals surface area contributed by atoms with Gasteiger partial charge < -0.3 is 9.64 Å². The van der Waals surface area contributed by atoms with E-state index >= 15 is 0 Å². The van der Waals surface area contributed by atoms with E-state index in [1.165, 1.54) is 11.1 Å². The third kappa shape index (κ3) is 5.52. The van der Waals surface area contributed by atoms with Crippen molar-refractivity contribution >= 4 is 39.7 Å². The second-order valence-corrected chi connectivity index (χ2v) is 8.88. The Kier molecular flexibility index (Phi) is 7.96. The molecule has 0 aliphatic carbocycles. The third-order valence-electron chi connectivity index (χ3n) is 4.68. The number of anilines is 1. The molecule has 29 heavy (non-hydrogen) atoms. The van der Waals surface area contributed by atoms with Gasteiger partial charge >= 0.3 is 0 Å². The molecule has 0 radical (unpaired) electrons. The van der Waals surface area contributed by atoms with Crippen LogP contribution in [0.25, 0.3) is 11.3 Å². The van der Waals surface area contributed by atoms with Crippen molar-refractivity contribution in [3.63, 3.8) is 0 Å². The smallest absolute Gasteiger partial charge is 0.186 e. The van der Waals surface area contributed by atoms with Crippen molar-refractivity contribution < 1.29 is 4.74 Å². The predicted molar refractivity (Wildman–Crippen MR) is 125 cm³/mol. The molecule has 3 nitrogen and oxygen atoms in total. The zero-order valence-electron chi connectivity index (χ0n) is 17.0. The van der Waals surface area contributed by atoms with Gasteiger partial charge in [-0.05, 0) is 49.6 Å². The molecule has 0 bridgehead atoms. The van der Waals surface area contributed by atoms with Crippen LogP contribution in [0.2, 0.25) is 10.0 Å². The summed E-state index contributed by atoms with van der Waals surface area (Å²) >= 11 is 14.2. The molecule has 1 aromatic heterocycles. The number of hydrogen-bond donors (Lipinski definition) is 0. The first kappa shape index (κ1) is 22.1. The normalized spacial score (nSPS) is 11.1. The van der Waals surface area contributed by atoms with Gasteiger partial charge in [0.2, 0.25) is 0 Å². The van der Waals surface area contributed by atoms with Gasteiger partial charge in [0.15, 0.2) is 5.13 Å². The van der Waals surface area contributed by atoms with Gasteiger partial charge in [-0.2, -0.15) is 0 Å². The highest BCUT2D eigenvalue weighted by atomic mass is 35.5. The Bertz CT molecular complexity index is 958. The van der Waals surface area contributed by atoms with Crippen LogP contribution in [0.3, 0.4) is 0 Å². The van der Waals surface area contributed by atoms with Crippen molar-refractivity contribution in [1.29, 1.82) is 0 Å². The van der Waals surface area contributed by atoms with E-state index in [0.29, 0.717) is 23.3 Å². The molecule has 0 unspecified atom stereocenters. The SMILES string of the molecule is CCCN(Cc1ccccc1COCC)c1nc(-c2ccc(Cl)cc2Cl)c(C)s1. The molecule has 0 N–H and O–H groups in total. The molecule has 0 aliphatic rings. The second-order valence-electron chi connectivity index (χ2n) is 6.85. The van der Waals surface area contributed by atoms with Crippen molar-refractivity contribution in [1.82, 2.24) is 4.98 Å². The summed E-state index contributed by atoms with van der Waals surface area (Å²) in [7, 11) is 0. The zero-order chi connectivity index (χ0) is 20.8. The Labute approximate surface area is 187 Å². The molecule has 0 aliphatic heterocycles. The van der Waals surface area contributed by atoms with Gasteiger partial charge in [0.1, 0.15) is 0 Å². The second kappa shape index (κ2) is 10.4. The van der Waals surface area contributed by atoms with Crippen molar-refractivity contribution in [3.8, 4) is 11.3 Å². The summed E-state index contributed by atoms with van der Waals surface area (Å²) < 4.78 is 5.65. The fraction of sp³-hybridized carbons (Fsp3) is 0.348. The van der Waals surface area contributed by atoms with Crippen LogP contribution in [0, 0.1) is 6.92 Å². The number of rotatable bonds is 9. The summed E-state index contributed by atoms with van der Waals surface area (Å²) in [5, 5.41) is 2.27. The summed E-state index contributed by atoms with van der Waals surface area (Å²) in [5.74, 6) is 0. The van der Waals surface area contributed by atoms with Crippen molar-refractivity contribution in [2.24, 2.45) is 0 Å². The van der Waals surface area contributed by atoms with Gasteiger partial charge in [-0.25, -0.2) is 4.98 Å². The van der Waals surface area contributed by atoms with E-state index in [1.807, 2.05) is 19.1 Å². The van der Waals surface area contributed by atoms with Crippen LogP contribution in [0.4, 0.5) is 5.13 Å². The lowest BCUT2D eigenvalue weighted by Gasteiger charge is -2.23. The Morgan fingerprint density at radius 3 is 2.52 bits per heavy atom. The van der Waals surface area contributed by atoms with Gasteiger partial charge in [0, 0.05) is 35.2 Å². The maximum atomic E-state index is 6.44. The summed E-state index contributed by atoms with van der Waals surface area (Å²) in [6.07, 6.45) is 1.04. The van der Waals surface area contributed by atoms with Crippen LogP contribution in [0.1, 0.15) is 36.3 Å². The van der Waals surface area contributed by atoms with Gasteiger partial charge in [0.05, 0.1) is 17.3 Å². The fourth-order valence-electron chi connectivity index (χ4n) is 3.23. The summed E-state index contributed by atoms with van der Waals surface area (Å²) in [4.78, 5) is 8.45. The summed E-state index contributed by atoms with van der Waals surface area (Å²) in [6.45, 7) is 9.39. The van der Waals surface area contributed by atoms with Crippen LogP contribution in [-0.4, -0.2) is 18.1 Å². The molecular weight excluding hydrogens is 423 g/mol. The van der Waals surface area contributed by atoms with Crippen LogP contribution < -0.4 is 4.90 Å². The molecule has 2 aromatic carbocycles. The Morgan fingerprint density at radius 2 is 1.83 bits per heavy atom. The Balaban J connectivity index is 1.91. The average molecular weight is 449 g/mol. The quantitative estimate of drug-likeness (QED) is 0.341. The number of aryl methyl sites for hydroxylation is 1. The van der Waals surface area contributed by atoms with Crippen LogP contribution >= 0.6 is 34.5 Å². The number of benzene rings is 2. The minimum atomic E-state index is 0.626. The van der Waals surface area contributed by atoms with Crippen LogP contribution in [0.5, 0.6) is 0 Å². The molecule has 0 atom stereocenters. The third-order valence-corrected chi connectivity index (χ3v) is 6.26. The number of thiazole rings is 1. The highest BCUT2D eigenvalue weighted by molar-refractivity contribution is 7.16. The van der Waals surface area contributed by atoms with Gasteiger partial charge in [0.25, 0.3) is 0 Å². The number of ether oxygens (including phenoxy) is 1. The number of hydrogen-bond acceptors (Lipinski definition) is 4. The molecule has 0 fully saturated rings. The van der Waals surface area contributed by atoms with Crippen molar-refractivity contribution in [3.05, 3.63) is 68.5 Å². The molecule has 3 rings (SSSR count). The first-order chi connectivity index (χ1) is 14.0. The minimum Gasteiger partial charge on any atom is -0.377 e. The monoisotopic (exact) mass is 448 g/mol. The number of nitrogens with zero attached hydrogens (tertiary/aromatic N) is 2. The first-order valence-electron chi connectivity index (χ1n) is 9.85. The number of aromatic nitrogens is 1. The van der Waals surface area contributed by atoms with E-state index in [2.05, 4.69) is 43.0 Å². The van der Waals surface area contributed by atoms with E-state index in [9.17, 15) is 0 Å². The van der Waals surface area contributed by atoms with Crippen molar-refractivity contribution in [2.75, 3.05) is 18.1 Å². The van der Waals surface area contributed by atoms with Crippen LogP contribution in [0.15, 0.2) is 42.5 Å².